The zero-order valence-corrected chi connectivity index (χ0v) is 15.5. The molecule has 0 aliphatic carbocycles. The van der Waals surface area contributed by atoms with Crippen molar-refractivity contribution in [1.82, 2.24) is 19.3 Å². The highest BCUT2D eigenvalue weighted by molar-refractivity contribution is 7.09. The second kappa shape index (κ2) is 7.33. The van der Waals surface area contributed by atoms with Crippen LogP contribution in [0.15, 0.2) is 28.4 Å². The molecule has 3 heterocycles. The van der Waals surface area contributed by atoms with Crippen LogP contribution in [-0.2, 0) is 19.5 Å². The average molecular weight is 358 g/mol. The predicted octanol–water partition coefficient (Wildman–Crippen LogP) is 2.39. The number of aliphatic hydroxyl groups excluding tert-OH is 1. The van der Waals surface area contributed by atoms with E-state index in [1.807, 2.05) is 44.4 Å². The molecular weight excluding hydrogens is 336 g/mol. The highest BCUT2D eigenvalue weighted by Crippen LogP contribution is 2.21. The van der Waals surface area contributed by atoms with Gasteiger partial charge in [-0.25, -0.2) is 9.67 Å². The van der Waals surface area contributed by atoms with Crippen LogP contribution in [0.3, 0.4) is 0 Å². The van der Waals surface area contributed by atoms with Gasteiger partial charge in [-0.3, -0.25) is 4.79 Å². The van der Waals surface area contributed by atoms with Crippen LogP contribution in [0.2, 0.25) is 0 Å². The molecule has 0 aliphatic heterocycles. The minimum atomic E-state index is -0.0609. The smallest absolute Gasteiger partial charge is 0.262 e. The number of thiophene rings is 1. The van der Waals surface area contributed by atoms with Gasteiger partial charge in [0, 0.05) is 23.5 Å². The van der Waals surface area contributed by atoms with Gasteiger partial charge in [0.25, 0.3) is 5.56 Å². The molecule has 0 amide bonds. The highest BCUT2D eigenvalue weighted by Gasteiger charge is 2.19. The molecule has 0 aliphatic rings. The molecule has 25 heavy (non-hydrogen) atoms. The summed E-state index contributed by atoms with van der Waals surface area (Å²) in [4.78, 5) is 18.7. The quantitative estimate of drug-likeness (QED) is 0.734. The summed E-state index contributed by atoms with van der Waals surface area (Å²) in [5.41, 5.74) is 2.31. The van der Waals surface area contributed by atoms with Crippen molar-refractivity contribution in [2.24, 2.45) is 0 Å². The molecule has 0 radical (unpaired) electrons. The van der Waals surface area contributed by atoms with Gasteiger partial charge in [-0.1, -0.05) is 6.07 Å². The molecule has 0 aromatic carbocycles. The third-order valence-corrected chi connectivity index (χ3v) is 5.06. The molecule has 1 N–H and O–H groups in total. The zero-order chi connectivity index (χ0) is 18.0. The van der Waals surface area contributed by atoms with Crippen molar-refractivity contribution in [3.63, 3.8) is 0 Å². The first-order valence-electron chi connectivity index (χ1n) is 8.33. The maximum atomic E-state index is 12.9. The fourth-order valence-corrected chi connectivity index (χ4v) is 3.76. The third-order valence-electron chi connectivity index (χ3n) is 4.18. The van der Waals surface area contributed by atoms with Gasteiger partial charge in [-0.2, -0.15) is 5.10 Å². The van der Waals surface area contributed by atoms with Gasteiger partial charge < -0.3 is 9.67 Å². The minimum absolute atomic E-state index is 0.0539. The summed E-state index contributed by atoms with van der Waals surface area (Å²) >= 11 is 1.65. The summed E-state index contributed by atoms with van der Waals surface area (Å²) in [6.07, 6.45) is 0.621. The van der Waals surface area contributed by atoms with Crippen LogP contribution < -0.4 is 5.56 Å². The van der Waals surface area contributed by atoms with Gasteiger partial charge in [0.05, 0.1) is 18.7 Å². The number of aliphatic hydroxyl groups is 1. The zero-order valence-electron chi connectivity index (χ0n) is 14.7. The van der Waals surface area contributed by atoms with Crippen LogP contribution in [-0.4, -0.2) is 31.0 Å². The number of pyridine rings is 1. The Morgan fingerprint density at radius 1 is 1.32 bits per heavy atom. The first-order chi connectivity index (χ1) is 12.0. The van der Waals surface area contributed by atoms with Gasteiger partial charge in [0.15, 0.2) is 11.6 Å². The number of hydrogen-bond acceptors (Lipinski definition) is 5. The van der Waals surface area contributed by atoms with Crippen molar-refractivity contribution in [3.05, 3.63) is 55.9 Å². The number of nitrogens with zero attached hydrogens (tertiary/aromatic N) is 4. The summed E-state index contributed by atoms with van der Waals surface area (Å²) in [6, 6.07) is 6.03. The Hall–Kier alpha value is -2.25. The van der Waals surface area contributed by atoms with E-state index < -0.39 is 0 Å². The SMILES string of the molecule is CCn1c(C)cc(C)c(-c2nc(Cc3cccs3)nn2CCO)c1=O. The summed E-state index contributed by atoms with van der Waals surface area (Å²) in [6.45, 7) is 6.67. The van der Waals surface area contributed by atoms with E-state index >= 15 is 0 Å². The lowest BCUT2D eigenvalue weighted by Gasteiger charge is -2.13. The van der Waals surface area contributed by atoms with Gasteiger partial charge >= 0.3 is 0 Å². The predicted molar refractivity (Wildman–Crippen MR) is 99.1 cm³/mol. The molecule has 3 aromatic rings. The summed E-state index contributed by atoms with van der Waals surface area (Å²) in [5, 5.41) is 15.9. The molecule has 0 unspecified atom stereocenters. The van der Waals surface area contributed by atoms with E-state index in [0.717, 1.165) is 11.3 Å². The normalized spacial score (nSPS) is 11.2. The Morgan fingerprint density at radius 2 is 2.12 bits per heavy atom. The van der Waals surface area contributed by atoms with Crippen molar-refractivity contribution in [1.29, 1.82) is 0 Å². The fraction of sp³-hybridized carbons (Fsp3) is 0.389. The molecule has 3 rings (SSSR count). The standard InChI is InChI=1S/C18H22N4O2S/c1-4-21-13(3)10-12(2)16(18(21)24)17-19-15(20-22(17)7-8-23)11-14-6-5-9-25-14/h5-6,9-10,23H,4,7-8,11H2,1-3H3. The molecule has 132 valence electrons. The van der Waals surface area contributed by atoms with E-state index in [4.69, 9.17) is 0 Å². The Bertz CT molecular complexity index is 925. The van der Waals surface area contributed by atoms with Crippen LogP contribution in [0.4, 0.5) is 0 Å². The van der Waals surface area contributed by atoms with Crippen LogP contribution in [0.25, 0.3) is 11.4 Å². The lowest BCUT2D eigenvalue weighted by atomic mass is 10.1. The van der Waals surface area contributed by atoms with E-state index in [0.29, 0.717) is 36.7 Å². The molecule has 0 spiro atoms. The van der Waals surface area contributed by atoms with Crippen molar-refractivity contribution in [3.8, 4) is 11.4 Å². The third kappa shape index (κ3) is 3.43. The van der Waals surface area contributed by atoms with Gasteiger partial charge in [-0.15, -0.1) is 11.3 Å². The Morgan fingerprint density at radius 3 is 2.76 bits per heavy atom. The molecule has 0 atom stereocenters. The number of hydrogen-bond donors (Lipinski definition) is 1. The maximum Gasteiger partial charge on any atom is 0.262 e. The van der Waals surface area contributed by atoms with Crippen LogP contribution >= 0.6 is 11.3 Å². The van der Waals surface area contributed by atoms with Crippen molar-refractivity contribution in [2.75, 3.05) is 6.61 Å². The maximum absolute atomic E-state index is 12.9. The molecule has 0 fully saturated rings. The summed E-state index contributed by atoms with van der Waals surface area (Å²) in [5.74, 6) is 1.19. The van der Waals surface area contributed by atoms with E-state index in [1.165, 1.54) is 4.88 Å². The molecule has 7 heteroatoms. The Balaban J connectivity index is 2.13. The molecule has 0 saturated carbocycles. The molecule has 6 nitrogen and oxygen atoms in total. The molecule has 0 saturated heterocycles. The Labute approximate surface area is 150 Å². The van der Waals surface area contributed by atoms with E-state index in [1.54, 1.807) is 20.6 Å². The number of rotatable bonds is 6. The van der Waals surface area contributed by atoms with E-state index in [-0.39, 0.29) is 12.2 Å². The van der Waals surface area contributed by atoms with Crippen LogP contribution in [0.1, 0.15) is 28.9 Å². The lowest BCUT2D eigenvalue weighted by Crippen LogP contribution is -2.25. The van der Waals surface area contributed by atoms with Crippen molar-refractivity contribution < 1.29 is 5.11 Å². The average Bonchev–Trinajstić information content (AvgIpc) is 3.19. The van der Waals surface area contributed by atoms with Gasteiger partial charge in [0.2, 0.25) is 0 Å². The van der Waals surface area contributed by atoms with E-state index in [9.17, 15) is 9.90 Å². The van der Waals surface area contributed by atoms with Gasteiger partial charge in [-0.05, 0) is 43.8 Å². The summed E-state index contributed by atoms with van der Waals surface area (Å²) < 4.78 is 3.38. The minimum Gasteiger partial charge on any atom is -0.394 e. The van der Waals surface area contributed by atoms with E-state index in [2.05, 4.69) is 10.1 Å². The number of aromatic nitrogens is 4. The summed E-state index contributed by atoms with van der Waals surface area (Å²) in [7, 11) is 0. The topological polar surface area (TPSA) is 72.9 Å². The van der Waals surface area contributed by atoms with Crippen LogP contribution in [0.5, 0.6) is 0 Å². The lowest BCUT2D eigenvalue weighted by molar-refractivity contribution is 0.270. The van der Waals surface area contributed by atoms with Gasteiger partial charge in [0.1, 0.15) is 0 Å². The van der Waals surface area contributed by atoms with Crippen molar-refractivity contribution >= 4 is 11.3 Å². The monoisotopic (exact) mass is 358 g/mol. The Kier molecular flexibility index (Phi) is 5.15. The fourth-order valence-electron chi connectivity index (χ4n) is 3.06. The molecular formula is C18H22N4O2S. The second-order valence-electron chi connectivity index (χ2n) is 5.95. The highest BCUT2D eigenvalue weighted by atomic mass is 32.1. The van der Waals surface area contributed by atoms with Crippen LogP contribution in [0, 0.1) is 13.8 Å². The second-order valence-corrected chi connectivity index (χ2v) is 6.98. The molecule has 3 aromatic heterocycles. The van der Waals surface area contributed by atoms with Crippen molar-refractivity contribution in [2.45, 2.75) is 40.3 Å². The first-order valence-corrected chi connectivity index (χ1v) is 9.21. The largest absolute Gasteiger partial charge is 0.394 e. The molecule has 0 bridgehead atoms. The first kappa shape index (κ1) is 17.6. The number of aryl methyl sites for hydroxylation is 2.